The Morgan fingerprint density at radius 1 is 1.56 bits per heavy atom. The zero-order chi connectivity index (χ0) is 13.5. The topological polar surface area (TPSA) is 79.9 Å². The van der Waals surface area contributed by atoms with E-state index in [0.29, 0.717) is 12.1 Å². The Morgan fingerprint density at radius 3 is 2.83 bits per heavy atom. The summed E-state index contributed by atoms with van der Waals surface area (Å²) in [6, 6.07) is 5.38. The van der Waals surface area contributed by atoms with Gasteiger partial charge in [0.2, 0.25) is 0 Å². The Labute approximate surface area is 107 Å². The van der Waals surface area contributed by atoms with Crippen molar-refractivity contribution in [2.75, 3.05) is 13.7 Å². The second-order valence-corrected chi connectivity index (χ2v) is 4.07. The maximum absolute atomic E-state index is 8.66. The zero-order valence-corrected chi connectivity index (χ0v) is 10.7. The van der Waals surface area contributed by atoms with Crippen molar-refractivity contribution in [3.63, 3.8) is 0 Å². The Morgan fingerprint density at radius 2 is 2.28 bits per heavy atom. The average Bonchev–Trinajstić information content (AvgIpc) is 2.37. The van der Waals surface area contributed by atoms with Crippen molar-refractivity contribution < 1.29 is 9.94 Å². The van der Waals surface area contributed by atoms with Gasteiger partial charge in [-0.25, -0.2) is 0 Å². The van der Waals surface area contributed by atoms with Crippen LogP contribution in [0.3, 0.4) is 0 Å². The third kappa shape index (κ3) is 3.78. The first kappa shape index (κ1) is 14.1. The molecule has 0 saturated carbocycles. The standard InChI is InChI=1S/C13H19N3O2/c1-9(2)7-15-8-11-6-10(13(14)16-17)4-5-12(11)18-3/h4-6,15,17H,1,7-8H2,2-3H3,(H2,14,16). The highest BCUT2D eigenvalue weighted by molar-refractivity contribution is 5.97. The van der Waals surface area contributed by atoms with Gasteiger partial charge in [-0.05, 0) is 25.1 Å². The first-order valence-electron chi connectivity index (χ1n) is 5.58. The van der Waals surface area contributed by atoms with Crippen LogP contribution in [0.25, 0.3) is 0 Å². The summed E-state index contributed by atoms with van der Waals surface area (Å²) in [6.07, 6.45) is 0. The smallest absolute Gasteiger partial charge is 0.170 e. The van der Waals surface area contributed by atoms with E-state index in [4.69, 9.17) is 15.7 Å². The molecule has 0 radical (unpaired) electrons. The molecular formula is C13H19N3O2. The molecule has 5 nitrogen and oxygen atoms in total. The van der Waals surface area contributed by atoms with Gasteiger partial charge in [-0.1, -0.05) is 17.3 Å². The van der Waals surface area contributed by atoms with Gasteiger partial charge < -0.3 is 21.0 Å². The van der Waals surface area contributed by atoms with Crippen LogP contribution in [0, 0.1) is 0 Å². The van der Waals surface area contributed by atoms with Gasteiger partial charge in [0.15, 0.2) is 5.84 Å². The van der Waals surface area contributed by atoms with Gasteiger partial charge >= 0.3 is 0 Å². The Balaban J connectivity index is 2.88. The lowest BCUT2D eigenvalue weighted by atomic mass is 10.1. The minimum atomic E-state index is 0.0822. The molecule has 1 aromatic carbocycles. The molecule has 0 amide bonds. The monoisotopic (exact) mass is 249 g/mol. The normalized spacial score (nSPS) is 11.3. The zero-order valence-electron chi connectivity index (χ0n) is 10.7. The van der Waals surface area contributed by atoms with E-state index < -0.39 is 0 Å². The maximum Gasteiger partial charge on any atom is 0.170 e. The van der Waals surface area contributed by atoms with Crippen molar-refractivity contribution in [1.82, 2.24) is 5.32 Å². The van der Waals surface area contributed by atoms with E-state index in [1.165, 1.54) is 0 Å². The van der Waals surface area contributed by atoms with E-state index in [1.54, 1.807) is 19.2 Å². The van der Waals surface area contributed by atoms with Crippen LogP contribution < -0.4 is 15.8 Å². The molecule has 1 aromatic rings. The van der Waals surface area contributed by atoms with Crippen molar-refractivity contribution in [1.29, 1.82) is 0 Å². The highest BCUT2D eigenvalue weighted by atomic mass is 16.5. The van der Waals surface area contributed by atoms with Crippen molar-refractivity contribution in [3.05, 3.63) is 41.5 Å². The second kappa shape index (κ2) is 6.66. The summed E-state index contributed by atoms with van der Waals surface area (Å²) < 4.78 is 5.27. The fourth-order valence-corrected chi connectivity index (χ4v) is 1.54. The molecule has 0 atom stereocenters. The highest BCUT2D eigenvalue weighted by Gasteiger charge is 2.06. The summed E-state index contributed by atoms with van der Waals surface area (Å²) in [5.41, 5.74) is 8.22. The van der Waals surface area contributed by atoms with Gasteiger partial charge in [0.05, 0.1) is 7.11 Å². The lowest BCUT2D eigenvalue weighted by Crippen LogP contribution is -2.17. The number of hydrogen-bond donors (Lipinski definition) is 3. The Hall–Kier alpha value is -2.01. The molecule has 0 aliphatic heterocycles. The van der Waals surface area contributed by atoms with Crippen molar-refractivity contribution in [3.8, 4) is 5.75 Å². The SMILES string of the molecule is C=C(C)CNCc1cc(/C(N)=N/O)ccc1OC. The lowest BCUT2D eigenvalue weighted by Gasteiger charge is -2.11. The Bertz CT molecular complexity index is 456. The number of nitrogens with zero attached hydrogens (tertiary/aromatic N) is 1. The number of benzene rings is 1. The third-order valence-electron chi connectivity index (χ3n) is 2.43. The fraction of sp³-hybridized carbons (Fsp3) is 0.308. The van der Waals surface area contributed by atoms with Gasteiger partial charge in [-0.15, -0.1) is 0 Å². The first-order valence-corrected chi connectivity index (χ1v) is 5.58. The summed E-state index contributed by atoms with van der Waals surface area (Å²) in [5, 5.41) is 14.9. The minimum Gasteiger partial charge on any atom is -0.496 e. The van der Waals surface area contributed by atoms with E-state index >= 15 is 0 Å². The van der Waals surface area contributed by atoms with E-state index in [9.17, 15) is 0 Å². The third-order valence-corrected chi connectivity index (χ3v) is 2.43. The quantitative estimate of drug-likeness (QED) is 0.234. The number of oxime groups is 1. The molecule has 0 spiro atoms. The van der Waals surface area contributed by atoms with Crippen LogP contribution in [0.2, 0.25) is 0 Å². The molecule has 0 aliphatic rings. The maximum atomic E-state index is 8.66. The largest absolute Gasteiger partial charge is 0.496 e. The summed E-state index contributed by atoms with van der Waals surface area (Å²) >= 11 is 0. The van der Waals surface area contributed by atoms with Crippen molar-refractivity contribution in [2.45, 2.75) is 13.5 Å². The lowest BCUT2D eigenvalue weighted by molar-refractivity contribution is 0.318. The van der Waals surface area contributed by atoms with Gasteiger partial charge in [0, 0.05) is 24.2 Å². The van der Waals surface area contributed by atoms with Crippen molar-refractivity contribution >= 4 is 5.84 Å². The molecule has 0 heterocycles. The van der Waals surface area contributed by atoms with Crippen LogP contribution in [-0.2, 0) is 6.54 Å². The number of rotatable bonds is 6. The molecule has 0 aliphatic carbocycles. The van der Waals surface area contributed by atoms with Gasteiger partial charge in [-0.3, -0.25) is 0 Å². The predicted octanol–water partition coefficient (Wildman–Crippen LogP) is 1.46. The van der Waals surface area contributed by atoms with Crippen LogP contribution in [0.1, 0.15) is 18.1 Å². The number of ether oxygens (including phenoxy) is 1. The molecule has 5 heteroatoms. The van der Waals surface area contributed by atoms with Crippen molar-refractivity contribution in [2.24, 2.45) is 10.9 Å². The summed E-state index contributed by atoms with van der Waals surface area (Å²) in [4.78, 5) is 0. The summed E-state index contributed by atoms with van der Waals surface area (Å²) in [5.74, 6) is 0.845. The highest BCUT2D eigenvalue weighted by Crippen LogP contribution is 2.19. The molecule has 18 heavy (non-hydrogen) atoms. The fourth-order valence-electron chi connectivity index (χ4n) is 1.54. The predicted molar refractivity (Wildman–Crippen MR) is 72.0 cm³/mol. The summed E-state index contributed by atoms with van der Waals surface area (Å²) in [7, 11) is 1.61. The number of amidine groups is 1. The molecular weight excluding hydrogens is 230 g/mol. The molecule has 1 rings (SSSR count). The molecule has 98 valence electrons. The summed E-state index contributed by atoms with van der Waals surface area (Å²) in [6.45, 7) is 7.14. The number of nitrogens with two attached hydrogens (primary N) is 1. The second-order valence-electron chi connectivity index (χ2n) is 4.07. The molecule has 0 fully saturated rings. The number of methoxy groups -OCH3 is 1. The molecule has 0 bridgehead atoms. The minimum absolute atomic E-state index is 0.0822. The van der Waals surface area contributed by atoms with Gasteiger partial charge in [-0.2, -0.15) is 0 Å². The van der Waals surface area contributed by atoms with Crippen LogP contribution in [0.15, 0.2) is 35.5 Å². The number of nitrogens with one attached hydrogen (secondary N) is 1. The molecule has 0 unspecified atom stereocenters. The van der Waals surface area contributed by atoms with Crippen LogP contribution >= 0.6 is 0 Å². The van der Waals surface area contributed by atoms with Gasteiger partial charge in [0.1, 0.15) is 5.75 Å². The van der Waals surface area contributed by atoms with E-state index in [2.05, 4.69) is 17.1 Å². The molecule has 0 aromatic heterocycles. The molecule has 4 N–H and O–H groups in total. The van der Waals surface area contributed by atoms with E-state index in [-0.39, 0.29) is 5.84 Å². The molecule has 0 saturated heterocycles. The van der Waals surface area contributed by atoms with E-state index in [0.717, 1.165) is 23.4 Å². The van der Waals surface area contributed by atoms with Crippen LogP contribution in [0.4, 0.5) is 0 Å². The average molecular weight is 249 g/mol. The van der Waals surface area contributed by atoms with Crippen LogP contribution in [-0.4, -0.2) is 24.7 Å². The first-order chi connectivity index (χ1) is 8.58. The van der Waals surface area contributed by atoms with Crippen LogP contribution in [0.5, 0.6) is 5.75 Å². The number of hydrogen-bond acceptors (Lipinski definition) is 4. The van der Waals surface area contributed by atoms with Gasteiger partial charge in [0.25, 0.3) is 0 Å². The Kier molecular flexibility index (Phi) is 5.20. The van der Waals surface area contributed by atoms with E-state index in [1.807, 2.05) is 13.0 Å².